The molecule has 2 rings (SSSR count). The number of carboxylic acids is 1. The van der Waals surface area contributed by atoms with Crippen LogP contribution in [0.2, 0.25) is 0 Å². The Morgan fingerprint density at radius 2 is 2.05 bits per heavy atom. The number of rotatable bonds is 4. The van der Waals surface area contributed by atoms with Crippen molar-refractivity contribution >= 4 is 23.2 Å². The second-order valence-electron chi connectivity index (χ2n) is 4.84. The van der Waals surface area contributed by atoms with Gasteiger partial charge >= 0.3 is 5.97 Å². The minimum absolute atomic E-state index is 0.0401. The lowest BCUT2D eigenvalue weighted by molar-refractivity contribution is 0.0690. The van der Waals surface area contributed by atoms with Gasteiger partial charge in [-0.3, -0.25) is 0 Å². The van der Waals surface area contributed by atoms with E-state index in [1.807, 2.05) is 24.3 Å². The fraction of sp³-hybridized carbons (Fsp3) is 0.200. The molecule has 0 atom stereocenters. The largest absolute Gasteiger partial charge is 0.477 e. The summed E-state index contributed by atoms with van der Waals surface area (Å²) in [4.78, 5) is 14.9. The predicted molar refractivity (Wildman–Crippen MR) is 79.4 cm³/mol. The number of hydrogen-bond donors (Lipinski definition) is 3. The van der Waals surface area contributed by atoms with E-state index in [1.54, 1.807) is 0 Å². The van der Waals surface area contributed by atoms with E-state index >= 15 is 0 Å². The van der Waals surface area contributed by atoms with Gasteiger partial charge in [-0.1, -0.05) is 26.0 Å². The Balaban J connectivity index is 2.32. The molecule has 0 saturated carbocycles. The van der Waals surface area contributed by atoms with Crippen LogP contribution in [0.5, 0.6) is 0 Å². The van der Waals surface area contributed by atoms with Gasteiger partial charge < -0.3 is 16.2 Å². The number of aromatic carboxylic acids is 1. The third kappa shape index (κ3) is 3.06. The van der Waals surface area contributed by atoms with Gasteiger partial charge in [0.25, 0.3) is 0 Å². The lowest BCUT2D eigenvalue weighted by Crippen LogP contribution is -2.06. The lowest BCUT2D eigenvalue weighted by Gasteiger charge is -2.11. The van der Waals surface area contributed by atoms with E-state index in [4.69, 9.17) is 10.8 Å². The van der Waals surface area contributed by atoms with Crippen LogP contribution in [0.25, 0.3) is 0 Å². The molecule has 4 N–H and O–H groups in total. The molecule has 5 nitrogen and oxygen atoms in total. The Morgan fingerprint density at radius 3 is 2.70 bits per heavy atom. The molecule has 0 aliphatic carbocycles. The van der Waals surface area contributed by atoms with E-state index in [1.165, 1.54) is 17.7 Å². The summed E-state index contributed by atoms with van der Waals surface area (Å²) in [7, 11) is 0. The number of nitrogens with two attached hydrogens (primary N) is 1. The summed E-state index contributed by atoms with van der Waals surface area (Å²) in [5, 5.41) is 12.0. The van der Waals surface area contributed by atoms with Crippen LogP contribution in [0, 0.1) is 0 Å². The van der Waals surface area contributed by atoms with Crippen LogP contribution < -0.4 is 11.1 Å². The van der Waals surface area contributed by atoms with Gasteiger partial charge in [-0.2, -0.15) is 0 Å². The number of nitrogen functional groups attached to an aromatic ring is 1. The average molecular weight is 271 g/mol. The van der Waals surface area contributed by atoms with Crippen LogP contribution in [0.15, 0.2) is 36.4 Å². The summed E-state index contributed by atoms with van der Waals surface area (Å²) in [6.07, 6.45) is 0. The topological polar surface area (TPSA) is 88.2 Å². The molecular weight excluding hydrogens is 254 g/mol. The minimum atomic E-state index is -1.08. The molecule has 1 aromatic heterocycles. The SMILES string of the molecule is CC(C)c1cccc(Nc2nc(C(=O)O)ccc2N)c1. The maximum Gasteiger partial charge on any atom is 0.354 e. The highest BCUT2D eigenvalue weighted by Crippen LogP contribution is 2.24. The number of anilines is 3. The van der Waals surface area contributed by atoms with Gasteiger partial charge in [0, 0.05) is 5.69 Å². The zero-order valence-electron chi connectivity index (χ0n) is 11.4. The van der Waals surface area contributed by atoms with E-state index in [-0.39, 0.29) is 5.69 Å². The first kappa shape index (κ1) is 13.9. The number of carbonyl (C=O) groups is 1. The van der Waals surface area contributed by atoms with Crippen molar-refractivity contribution in [2.45, 2.75) is 19.8 Å². The van der Waals surface area contributed by atoms with E-state index in [0.29, 0.717) is 17.4 Å². The first-order chi connectivity index (χ1) is 9.47. The maximum absolute atomic E-state index is 10.9. The second-order valence-corrected chi connectivity index (χ2v) is 4.84. The van der Waals surface area contributed by atoms with Crippen molar-refractivity contribution < 1.29 is 9.90 Å². The number of aromatic nitrogens is 1. The van der Waals surface area contributed by atoms with Gasteiger partial charge in [0.2, 0.25) is 0 Å². The monoisotopic (exact) mass is 271 g/mol. The molecule has 0 spiro atoms. The second kappa shape index (κ2) is 5.61. The number of nitrogens with one attached hydrogen (secondary N) is 1. The fourth-order valence-corrected chi connectivity index (χ4v) is 1.80. The molecule has 0 radical (unpaired) electrons. The van der Waals surface area contributed by atoms with Crippen LogP contribution in [0.1, 0.15) is 35.8 Å². The molecule has 0 aliphatic rings. The van der Waals surface area contributed by atoms with Crippen molar-refractivity contribution in [3.63, 3.8) is 0 Å². The van der Waals surface area contributed by atoms with E-state index in [9.17, 15) is 4.79 Å². The third-order valence-corrected chi connectivity index (χ3v) is 2.96. The molecule has 0 fully saturated rings. The van der Waals surface area contributed by atoms with Crippen LogP contribution in [-0.4, -0.2) is 16.1 Å². The van der Waals surface area contributed by atoms with Crippen molar-refractivity contribution in [2.24, 2.45) is 0 Å². The van der Waals surface area contributed by atoms with Crippen molar-refractivity contribution in [2.75, 3.05) is 11.1 Å². The summed E-state index contributed by atoms with van der Waals surface area (Å²) < 4.78 is 0. The summed E-state index contributed by atoms with van der Waals surface area (Å²) >= 11 is 0. The number of nitrogens with zero attached hydrogens (tertiary/aromatic N) is 1. The number of pyridine rings is 1. The summed E-state index contributed by atoms with van der Waals surface area (Å²) in [6.45, 7) is 4.22. The molecule has 0 bridgehead atoms. The number of hydrogen-bond acceptors (Lipinski definition) is 4. The molecule has 0 aliphatic heterocycles. The Bertz CT molecular complexity index is 639. The highest BCUT2D eigenvalue weighted by Gasteiger charge is 2.09. The Hall–Kier alpha value is -2.56. The molecule has 2 aromatic rings. The molecule has 0 unspecified atom stereocenters. The lowest BCUT2D eigenvalue weighted by atomic mass is 10.0. The highest BCUT2D eigenvalue weighted by atomic mass is 16.4. The van der Waals surface area contributed by atoms with Crippen LogP contribution in [-0.2, 0) is 0 Å². The Kier molecular flexibility index (Phi) is 3.89. The van der Waals surface area contributed by atoms with Gasteiger partial charge in [-0.05, 0) is 35.7 Å². The molecule has 5 heteroatoms. The van der Waals surface area contributed by atoms with Gasteiger partial charge in [0.15, 0.2) is 11.5 Å². The highest BCUT2D eigenvalue weighted by molar-refractivity contribution is 5.87. The Morgan fingerprint density at radius 1 is 1.30 bits per heavy atom. The molecule has 1 heterocycles. The third-order valence-electron chi connectivity index (χ3n) is 2.96. The molecule has 104 valence electrons. The summed E-state index contributed by atoms with van der Waals surface area (Å²) in [5.41, 5.74) is 8.20. The molecule has 0 saturated heterocycles. The number of benzene rings is 1. The first-order valence-electron chi connectivity index (χ1n) is 6.34. The van der Waals surface area contributed by atoms with Crippen molar-refractivity contribution in [1.29, 1.82) is 0 Å². The van der Waals surface area contributed by atoms with Crippen molar-refractivity contribution in [3.8, 4) is 0 Å². The normalized spacial score (nSPS) is 10.6. The average Bonchev–Trinajstić information content (AvgIpc) is 2.41. The van der Waals surface area contributed by atoms with Crippen LogP contribution >= 0.6 is 0 Å². The van der Waals surface area contributed by atoms with E-state index < -0.39 is 5.97 Å². The van der Waals surface area contributed by atoms with Gasteiger partial charge in [0.1, 0.15) is 0 Å². The summed E-state index contributed by atoms with van der Waals surface area (Å²) in [6, 6.07) is 10.8. The Labute approximate surface area is 117 Å². The smallest absolute Gasteiger partial charge is 0.354 e. The zero-order valence-corrected chi connectivity index (χ0v) is 11.4. The summed E-state index contributed by atoms with van der Waals surface area (Å²) in [5.74, 6) is -0.317. The van der Waals surface area contributed by atoms with E-state index in [0.717, 1.165) is 5.69 Å². The van der Waals surface area contributed by atoms with Crippen molar-refractivity contribution in [1.82, 2.24) is 4.98 Å². The molecule has 20 heavy (non-hydrogen) atoms. The molecule has 1 aromatic carbocycles. The quantitative estimate of drug-likeness (QED) is 0.794. The molecular formula is C15H17N3O2. The van der Waals surface area contributed by atoms with Crippen LogP contribution in [0.4, 0.5) is 17.2 Å². The van der Waals surface area contributed by atoms with E-state index in [2.05, 4.69) is 24.1 Å². The predicted octanol–water partition coefficient (Wildman–Crippen LogP) is 3.23. The van der Waals surface area contributed by atoms with Crippen LogP contribution in [0.3, 0.4) is 0 Å². The minimum Gasteiger partial charge on any atom is -0.477 e. The zero-order chi connectivity index (χ0) is 14.7. The maximum atomic E-state index is 10.9. The fourth-order valence-electron chi connectivity index (χ4n) is 1.80. The standard InChI is InChI=1S/C15H17N3O2/c1-9(2)10-4-3-5-11(8-10)17-14-12(16)6-7-13(18-14)15(19)20/h3-9H,16H2,1-2H3,(H,17,18)(H,19,20). The van der Waals surface area contributed by atoms with Crippen molar-refractivity contribution in [3.05, 3.63) is 47.7 Å². The number of carboxylic acid groups (broad SMARTS) is 1. The first-order valence-corrected chi connectivity index (χ1v) is 6.34. The van der Waals surface area contributed by atoms with Gasteiger partial charge in [-0.15, -0.1) is 0 Å². The van der Waals surface area contributed by atoms with Gasteiger partial charge in [-0.25, -0.2) is 9.78 Å². The van der Waals surface area contributed by atoms with Gasteiger partial charge in [0.05, 0.1) is 5.69 Å². The molecule has 0 amide bonds.